The van der Waals surface area contributed by atoms with Crippen molar-refractivity contribution in [3.63, 3.8) is 0 Å². The Balaban J connectivity index is 1.54. The number of aromatic nitrogens is 2. The second-order valence-corrected chi connectivity index (χ2v) is 10.3. The van der Waals surface area contributed by atoms with Gasteiger partial charge in [0.05, 0.1) is 35.6 Å². The topological polar surface area (TPSA) is 73.7 Å². The first kappa shape index (κ1) is 25.4. The van der Waals surface area contributed by atoms with Crippen LogP contribution in [0.1, 0.15) is 55.4 Å². The molecule has 0 radical (unpaired) electrons. The molecule has 1 aliphatic heterocycles. The minimum atomic E-state index is -1.08. The van der Waals surface area contributed by atoms with E-state index in [-0.39, 0.29) is 17.5 Å². The Bertz CT molecular complexity index is 1570. The number of nitrogens with zero attached hydrogens (tertiary/aromatic N) is 3. The quantitative estimate of drug-likeness (QED) is 0.308. The van der Waals surface area contributed by atoms with Gasteiger partial charge in [0.15, 0.2) is 11.6 Å². The summed E-state index contributed by atoms with van der Waals surface area (Å²) in [7, 11) is 1.59. The van der Waals surface area contributed by atoms with E-state index in [0.29, 0.717) is 34.4 Å². The molecule has 1 amide bonds. The van der Waals surface area contributed by atoms with Gasteiger partial charge < -0.3 is 14.4 Å². The minimum Gasteiger partial charge on any atom is -0.497 e. The first-order valence-electron chi connectivity index (χ1n) is 12.2. The van der Waals surface area contributed by atoms with E-state index < -0.39 is 23.3 Å². The average Bonchev–Trinajstić information content (AvgIpc) is 3.34. The molecular weight excluding hydrogens is 492 g/mol. The molecule has 38 heavy (non-hydrogen) atoms. The van der Waals surface area contributed by atoms with Crippen molar-refractivity contribution in [1.82, 2.24) is 14.5 Å². The molecule has 0 aliphatic carbocycles. The van der Waals surface area contributed by atoms with E-state index in [9.17, 15) is 18.4 Å². The summed E-state index contributed by atoms with van der Waals surface area (Å²) in [4.78, 5) is 32.6. The van der Waals surface area contributed by atoms with Gasteiger partial charge in [-0.1, -0.05) is 12.1 Å². The number of carbonyl (C=O) groups is 2. The molecule has 0 saturated carbocycles. The Morgan fingerprint density at radius 1 is 1.03 bits per heavy atom. The van der Waals surface area contributed by atoms with Crippen molar-refractivity contribution in [2.75, 3.05) is 7.11 Å². The third-order valence-corrected chi connectivity index (χ3v) is 6.50. The molecule has 5 rings (SSSR count). The predicted molar refractivity (Wildman–Crippen MR) is 138 cm³/mol. The fourth-order valence-corrected chi connectivity index (χ4v) is 4.62. The van der Waals surface area contributed by atoms with E-state index in [1.54, 1.807) is 44.9 Å². The van der Waals surface area contributed by atoms with Crippen LogP contribution in [0.2, 0.25) is 0 Å². The number of hydrogen-bond donors (Lipinski definition) is 0. The zero-order chi connectivity index (χ0) is 27.4. The third-order valence-electron chi connectivity index (χ3n) is 6.50. The SMILES string of the molecule is COc1ccc(CN2C(=O)c3ccc(-c4cn(C(=O)OC(C)(C)C)c5cc(F)c(F)cc45)nc3C2C)cc1. The maximum Gasteiger partial charge on any atom is 0.419 e. The monoisotopic (exact) mass is 519 g/mol. The predicted octanol–water partition coefficient (Wildman–Crippen LogP) is 6.49. The number of amides is 1. The summed E-state index contributed by atoms with van der Waals surface area (Å²) >= 11 is 0. The molecule has 1 aliphatic rings. The average molecular weight is 520 g/mol. The number of ether oxygens (including phenoxy) is 2. The molecular formula is C29H27F2N3O4. The van der Waals surface area contributed by atoms with Crippen molar-refractivity contribution >= 4 is 22.9 Å². The minimum absolute atomic E-state index is 0.147. The van der Waals surface area contributed by atoms with Gasteiger partial charge in [-0.15, -0.1) is 0 Å². The van der Waals surface area contributed by atoms with Crippen LogP contribution in [0, 0.1) is 11.6 Å². The maximum atomic E-state index is 14.3. The number of fused-ring (bicyclic) bond motifs is 2. The molecule has 1 unspecified atom stereocenters. The number of hydrogen-bond acceptors (Lipinski definition) is 5. The fourth-order valence-electron chi connectivity index (χ4n) is 4.62. The Hall–Kier alpha value is -4.27. The number of carbonyl (C=O) groups excluding carboxylic acids is 2. The Kier molecular flexibility index (Phi) is 6.17. The van der Waals surface area contributed by atoms with E-state index in [1.807, 2.05) is 31.2 Å². The maximum absolute atomic E-state index is 14.3. The zero-order valence-electron chi connectivity index (χ0n) is 21.7. The van der Waals surface area contributed by atoms with Crippen molar-refractivity contribution in [2.24, 2.45) is 0 Å². The lowest BCUT2D eigenvalue weighted by Crippen LogP contribution is -2.26. The summed E-state index contributed by atoms with van der Waals surface area (Å²) in [5.41, 5.74) is 2.19. The molecule has 2 aromatic heterocycles. The van der Waals surface area contributed by atoms with Gasteiger partial charge in [0.2, 0.25) is 0 Å². The van der Waals surface area contributed by atoms with Gasteiger partial charge in [-0.05, 0) is 63.6 Å². The van der Waals surface area contributed by atoms with Crippen LogP contribution in [0.15, 0.2) is 54.7 Å². The molecule has 3 heterocycles. The van der Waals surface area contributed by atoms with Gasteiger partial charge >= 0.3 is 6.09 Å². The molecule has 0 spiro atoms. The van der Waals surface area contributed by atoms with Crippen molar-refractivity contribution in [1.29, 1.82) is 0 Å². The van der Waals surface area contributed by atoms with Crippen LogP contribution in [0.4, 0.5) is 13.6 Å². The van der Waals surface area contributed by atoms with Gasteiger partial charge in [0, 0.05) is 29.8 Å². The smallest absolute Gasteiger partial charge is 0.419 e. The van der Waals surface area contributed by atoms with E-state index in [2.05, 4.69) is 0 Å². The number of rotatable bonds is 4. The highest BCUT2D eigenvalue weighted by molar-refractivity contribution is 6.02. The molecule has 196 valence electrons. The van der Waals surface area contributed by atoms with E-state index in [1.165, 1.54) is 6.20 Å². The summed E-state index contributed by atoms with van der Waals surface area (Å²) in [5.74, 6) is -1.55. The van der Waals surface area contributed by atoms with Crippen molar-refractivity contribution < 1.29 is 27.8 Å². The summed E-state index contributed by atoms with van der Waals surface area (Å²) in [6.45, 7) is 7.43. The number of halogens is 2. The van der Waals surface area contributed by atoms with Crippen LogP contribution in [-0.4, -0.2) is 39.2 Å². The summed E-state index contributed by atoms with van der Waals surface area (Å²) < 4.78 is 40.3. The molecule has 7 nitrogen and oxygen atoms in total. The van der Waals surface area contributed by atoms with E-state index in [0.717, 1.165) is 28.0 Å². The van der Waals surface area contributed by atoms with Gasteiger partial charge in [-0.25, -0.2) is 18.6 Å². The molecule has 4 aromatic rings. The Morgan fingerprint density at radius 2 is 1.71 bits per heavy atom. The molecule has 9 heteroatoms. The van der Waals surface area contributed by atoms with Crippen LogP contribution >= 0.6 is 0 Å². The second-order valence-electron chi connectivity index (χ2n) is 10.3. The number of benzene rings is 2. The highest BCUT2D eigenvalue weighted by Gasteiger charge is 2.36. The van der Waals surface area contributed by atoms with Gasteiger partial charge in [0.25, 0.3) is 5.91 Å². The molecule has 0 N–H and O–H groups in total. The largest absolute Gasteiger partial charge is 0.497 e. The van der Waals surface area contributed by atoms with Gasteiger partial charge in [0.1, 0.15) is 11.4 Å². The lowest BCUT2D eigenvalue weighted by molar-refractivity contribution is 0.0544. The molecule has 0 fully saturated rings. The number of pyridine rings is 1. The summed E-state index contributed by atoms with van der Waals surface area (Å²) in [6.07, 6.45) is 0.734. The van der Waals surface area contributed by atoms with Crippen molar-refractivity contribution in [3.05, 3.63) is 83.2 Å². The lowest BCUT2D eigenvalue weighted by Gasteiger charge is -2.21. The van der Waals surface area contributed by atoms with Gasteiger partial charge in [-0.2, -0.15) is 0 Å². The highest BCUT2D eigenvalue weighted by Crippen LogP contribution is 2.37. The summed E-state index contributed by atoms with van der Waals surface area (Å²) in [6, 6.07) is 12.5. The third kappa shape index (κ3) is 4.49. The standard InChI is InChI=1S/C29H27F2N3O4/c1-16-26-19(27(35)33(16)14-17-6-8-18(37-5)9-7-17)10-11-24(32-26)21-15-34(28(36)38-29(2,3)4)25-13-23(31)22(30)12-20(21)25/h6-13,15-16H,14H2,1-5H3. The second kappa shape index (κ2) is 9.24. The van der Waals surface area contributed by atoms with Gasteiger partial charge in [-0.3, -0.25) is 9.36 Å². The highest BCUT2D eigenvalue weighted by atomic mass is 19.2. The van der Waals surface area contributed by atoms with E-state index in [4.69, 9.17) is 14.5 Å². The first-order valence-corrected chi connectivity index (χ1v) is 12.2. The lowest BCUT2D eigenvalue weighted by atomic mass is 10.1. The fraction of sp³-hybridized carbons (Fsp3) is 0.276. The van der Waals surface area contributed by atoms with Crippen molar-refractivity contribution in [3.8, 4) is 17.0 Å². The summed E-state index contributed by atoms with van der Waals surface area (Å²) in [5, 5.41) is 0.300. The van der Waals surface area contributed by atoms with E-state index >= 15 is 0 Å². The Labute approximate surface area is 218 Å². The van der Waals surface area contributed by atoms with Crippen LogP contribution in [0.5, 0.6) is 5.75 Å². The zero-order valence-corrected chi connectivity index (χ0v) is 21.7. The van der Waals surface area contributed by atoms with Crippen LogP contribution in [-0.2, 0) is 11.3 Å². The Morgan fingerprint density at radius 3 is 2.37 bits per heavy atom. The van der Waals surface area contributed by atoms with Crippen molar-refractivity contribution in [2.45, 2.75) is 45.9 Å². The first-order chi connectivity index (χ1) is 18.0. The van der Waals surface area contributed by atoms with Crippen LogP contribution < -0.4 is 4.74 Å². The van der Waals surface area contributed by atoms with Crippen LogP contribution in [0.25, 0.3) is 22.2 Å². The molecule has 0 saturated heterocycles. The normalized spacial score (nSPS) is 15.2. The molecule has 2 aromatic carbocycles. The molecule has 0 bridgehead atoms. The number of methoxy groups -OCH3 is 1. The molecule has 1 atom stereocenters. The van der Waals surface area contributed by atoms with Crippen LogP contribution in [0.3, 0.4) is 0 Å².